The molecule has 0 aliphatic rings. The fourth-order valence-corrected chi connectivity index (χ4v) is 3.06. The number of benzene rings is 4. The van der Waals surface area contributed by atoms with Crippen LogP contribution in [0, 0.1) is 4.91 Å². The predicted octanol–water partition coefficient (Wildman–Crippen LogP) is 6.06. The lowest BCUT2D eigenvalue weighted by Crippen LogP contribution is -1.85. The van der Waals surface area contributed by atoms with Gasteiger partial charge in [0.25, 0.3) is 0 Å². The van der Waals surface area contributed by atoms with Gasteiger partial charge in [-0.2, -0.15) is 0 Å². The Morgan fingerprint density at radius 1 is 0.591 bits per heavy atom. The van der Waals surface area contributed by atoms with E-state index in [9.17, 15) is 4.91 Å². The molecule has 0 saturated heterocycles. The third-order valence-electron chi connectivity index (χ3n) is 4.06. The van der Waals surface area contributed by atoms with Gasteiger partial charge in [0.1, 0.15) is 5.69 Å². The van der Waals surface area contributed by atoms with E-state index in [1.54, 1.807) is 6.07 Å². The molecule has 0 N–H and O–H groups in total. The van der Waals surface area contributed by atoms with Gasteiger partial charge in [0.2, 0.25) is 0 Å². The van der Waals surface area contributed by atoms with Crippen molar-refractivity contribution in [2.45, 2.75) is 0 Å². The van der Waals surface area contributed by atoms with Gasteiger partial charge in [-0.25, -0.2) is 0 Å². The van der Waals surface area contributed by atoms with Crippen LogP contribution in [0.25, 0.3) is 32.7 Å². The standard InChI is InChI=1S/C20H13NO/c22-21-19-13-12-15-7-2-4-10-17(15)20(19)18-11-5-8-14-6-1-3-9-16(14)18/h1-13H. The highest BCUT2D eigenvalue weighted by Gasteiger charge is 2.12. The summed E-state index contributed by atoms with van der Waals surface area (Å²) >= 11 is 0. The molecule has 0 bridgehead atoms. The van der Waals surface area contributed by atoms with E-state index < -0.39 is 0 Å². The maximum atomic E-state index is 11.3. The van der Waals surface area contributed by atoms with Crippen LogP contribution in [0.15, 0.2) is 84.0 Å². The van der Waals surface area contributed by atoms with Gasteiger partial charge < -0.3 is 0 Å². The van der Waals surface area contributed by atoms with Gasteiger partial charge in [-0.15, -0.1) is 4.91 Å². The fourth-order valence-electron chi connectivity index (χ4n) is 3.06. The molecule has 4 aromatic carbocycles. The number of fused-ring (bicyclic) bond motifs is 2. The van der Waals surface area contributed by atoms with E-state index in [2.05, 4.69) is 35.5 Å². The van der Waals surface area contributed by atoms with Crippen LogP contribution < -0.4 is 0 Å². The largest absolute Gasteiger partial charge is 0.145 e. The minimum Gasteiger partial charge on any atom is -0.145 e. The van der Waals surface area contributed by atoms with Gasteiger partial charge in [0, 0.05) is 5.56 Å². The molecule has 0 radical (unpaired) electrons. The van der Waals surface area contributed by atoms with Crippen molar-refractivity contribution in [2.24, 2.45) is 5.18 Å². The average molecular weight is 283 g/mol. The Bertz CT molecular complexity index is 999. The van der Waals surface area contributed by atoms with E-state index in [4.69, 9.17) is 0 Å². The number of rotatable bonds is 2. The third kappa shape index (κ3) is 1.89. The van der Waals surface area contributed by atoms with Crippen molar-refractivity contribution in [1.29, 1.82) is 0 Å². The number of hydrogen-bond acceptors (Lipinski definition) is 2. The first-order chi connectivity index (χ1) is 10.9. The highest BCUT2D eigenvalue weighted by Crippen LogP contribution is 2.40. The molecular formula is C20H13NO. The van der Waals surface area contributed by atoms with Crippen molar-refractivity contribution >= 4 is 27.2 Å². The second-order valence-electron chi connectivity index (χ2n) is 5.30. The molecular weight excluding hydrogens is 270 g/mol. The summed E-state index contributed by atoms with van der Waals surface area (Å²) in [4.78, 5) is 11.3. The second-order valence-corrected chi connectivity index (χ2v) is 5.30. The van der Waals surface area contributed by atoms with E-state index in [1.165, 1.54) is 0 Å². The Hall–Kier alpha value is -3.00. The zero-order valence-electron chi connectivity index (χ0n) is 11.9. The Morgan fingerprint density at radius 3 is 2.00 bits per heavy atom. The Morgan fingerprint density at radius 2 is 1.23 bits per heavy atom. The maximum Gasteiger partial charge on any atom is 0.116 e. The average Bonchev–Trinajstić information content (AvgIpc) is 2.60. The molecule has 22 heavy (non-hydrogen) atoms. The first-order valence-electron chi connectivity index (χ1n) is 7.22. The van der Waals surface area contributed by atoms with E-state index in [0.717, 1.165) is 32.7 Å². The molecule has 4 rings (SSSR count). The normalized spacial score (nSPS) is 10.9. The summed E-state index contributed by atoms with van der Waals surface area (Å²) in [5.74, 6) is 0. The van der Waals surface area contributed by atoms with Crippen molar-refractivity contribution < 1.29 is 0 Å². The molecule has 4 aromatic rings. The monoisotopic (exact) mass is 283 g/mol. The predicted molar refractivity (Wildman–Crippen MR) is 92.3 cm³/mol. The van der Waals surface area contributed by atoms with Crippen LogP contribution in [-0.4, -0.2) is 0 Å². The Kier molecular flexibility index (Phi) is 2.94. The Balaban J connectivity index is 2.18. The molecule has 0 spiro atoms. The molecule has 0 atom stereocenters. The Labute approximate surface area is 128 Å². The van der Waals surface area contributed by atoms with Crippen molar-refractivity contribution in [3.05, 3.63) is 83.8 Å². The first kappa shape index (κ1) is 12.7. The van der Waals surface area contributed by atoms with Crippen molar-refractivity contribution in [2.75, 3.05) is 0 Å². The number of hydrogen-bond donors (Lipinski definition) is 0. The quantitative estimate of drug-likeness (QED) is 0.411. The van der Waals surface area contributed by atoms with Gasteiger partial charge in [0.15, 0.2) is 0 Å². The summed E-state index contributed by atoms with van der Waals surface area (Å²) in [7, 11) is 0. The van der Waals surface area contributed by atoms with E-state index >= 15 is 0 Å². The van der Waals surface area contributed by atoms with E-state index in [-0.39, 0.29) is 0 Å². The minimum absolute atomic E-state index is 0.482. The SMILES string of the molecule is O=Nc1ccc2ccccc2c1-c1cccc2ccccc12. The van der Waals surface area contributed by atoms with Gasteiger partial charge in [-0.3, -0.25) is 0 Å². The van der Waals surface area contributed by atoms with Crippen molar-refractivity contribution in [3.63, 3.8) is 0 Å². The van der Waals surface area contributed by atoms with Crippen molar-refractivity contribution in [1.82, 2.24) is 0 Å². The van der Waals surface area contributed by atoms with Crippen LogP contribution in [0.3, 0.4) is 0 Å². The molecule has 0 fully saturated rings. The topological polar surface area (TPSA) is 29.4 Å². The highest BCUT2D eigenvalue weighted by molar-refractivity contribution is 6.09. The summed E-state index contributed by atoms with van der Waals surface area (Å²) < 4.78 is 0. The van der Waals surface area contributed by atoms with Crippen LogP contribution in [0.1, 0.15) is 0 Å². The van der Waals surface area contributed by atoms with Gasteiger partial charge >= 0.3 is 0 Å². The second kappa shape index (κ2) is 5.08. The molecule has 0 saturated carbocycles. The summed E-state index contributed by atoms with van der Waals surface area (Å²) in [6.07, 6.45) is 0. The van der Waals surface area contributed by atoms with Crippen LogP contribution in [-0.2, 0) is 0 Å². The molecule has 0 amide bonds. The smallest absolute Gasteiger partial charge is 0.116 e. The summed E-state index contributed by atoms with van der Waals surface area (Å²) in [6, 6.07) is 26.2. The van der Waals surface area contributed by atoms with E-state index in [0.29, 0.717) is 5.69 Å². The minimum atomic E-state index is 0.482. The summed E-state index contributed by atoms with van der Waals surface area (Å²) in [5.41, 5.74) is 2.43. The molecule has 104 valence electrons. The lowest BCUT2D eigenvalue weighted by Gasteiger charge is -2.12. The van der Waals surface area contributed by atoms with Crippen LogP contribution in [0.2, 0.25) is 0 Å². The lowest BCUT2D eigenvalue weighted by molar-refractivity contribution is 1.51. The van der Waals surface area contributed by atoms with Crippen LogP contribution >= 0.6 is 0 Å². The highest BCUT2D eigenvalue weighted by atomic mass is 16.3. The van der Waals surface area contributed by atoms with Crippen LogP contribution in [0.5, 0.6) is 0 Å². The molecule has 0 aromatic heterocycles. The van der Waals surface area contributed by atoms with Crippen molar-refractivity contribution in [3.8, 4) is 11.1 Å². The number of nitrogens with zero attached hydrogens (tertiary/aromatic N) is 1. The van der Waals surface area contributed by atoms with Gasteiger partial charge in [-0.1, -0.05) is 72.8 Å². The van der Waals surface area contributed by atoms with Gasteiger partial charge in [-0.05, 0) is 38.4 Å². The zero-order valence-corrected chi connectivity index (χ0v) is 11.9. The van der Waals surface area contributed by atoms with Gasteiger partial charge in [0.05, 0.1) is 0 Å². The maximum absolute atomic E-state index is 11.3. The molecule has 0 aliphatic carbocycles. The van der Waals surface area contributed by atoms with E-state index in [1.807, 2.05) is 42.5 Å². The molecule has 0 unspecified atom stereocenters. The zero-order chi connectivity index (χ0) is 14.9. The first-order valence-corrected chi connectivity index (χ1v) is 7.22. The summed E-state index contributed by atoms with van der Waals surface area (Å²) in [5, 5.41) is 7.70. The molecule has 2 nitrogen and oxygen atoms in total. The number of nitroso groups, excluding NO2 is 1. The summed E-state index contributed by atoms with van der Waals surface area (Å²) in [6.45, 7) is 0. The lowest BCUT2D eigenvalue weighted by atomic mass is 9.93. The molecule has 0 aliphatic heterocycles. The molecule has 2 heteroatoms. The molecule has 0 heterocycles. The fraction of sp³-hybridized carbons (Fsp3) is 0. The third-order valence-corrected chi connectivity index (χ3v) is 4.06. The van der Waals surface area contributed by atoms with Crippen LogP contribution in [0.4, 0.5) is 5.69 Å².